The minimum Gasteiger partial charge on any atom is -0.356 e. The van der Waals surface area contributed by atoms with Gasteiger partial charge in [-0.25, -0.2) is 8.78 Å². The first kappa shape index (κ1) is 45.3. The number of aromatic nitrogens is 1. The molecule has 10 nitrogen and oxygen atoms in total. The minimum atomic E-state index is -0.541. The van der Waals surface area contributed by atoms with Crippen LogP contribution in [0.15, 0.2) is 60.8 Å². The van der Waals surface area contributed by atoms with Crippen molar-refractivity contribution in [2.24, 2.45) is 11.1 Å². The number of hydrogen-bond acceptors (Lipinski definition) is 7. The first-order chi connectivity index (χ1) is 26.2. The number of halogens is 2. The molecule has 2 aromatic carbocycles. The van der Waals surface area contributed by atoms with Crippen molar-refractivity contribution in [3.8, 4) is 11.1 Å². The molecule has 0 unspecified atom stereocenters. The van der Waals surface area contributed by atoms with Crippen molar-refractivity contribution in [3.05, 3.63) is 83.7 Å². The summed E-state index contributed by atoms with van der Waals surface area (Å²) in [6.45, 7) is 9.99. The number of benzene rings is 2. The molecule has 2 atom stereocenters. The number of thioether (sulfide) groups is 1. The zero-order chi connectivity index (χ0) is 40.4. The lowest BCUT2D eigenvalue weighted by molar-refractivity contribution is -0.133. The quantitative estimate of drug-likeness (QED) is 0.0791. The van der Waals surface area contributed by atoms with Gasteiger partial charge in [-0.15, -0.1) is 0 Å². The van der Waals surface area contributed by atoms with E-state index in [4.69, 9.17) is 5.73 Å². The number of nitrogens with two attached hydrogens (primary N) is 1. The molecule has 5 N–H and O–H groups in total. The Bertz CT molecular complexity index is 1680. The van der Waals surface area contributed by atoms with Gasteiger partial charge < -0.3 is 31.2 Å². The van der Waals surface area contributed by atoms with Crippen LogP contribution in [0.2, 0.25) is 0 Å². The van der Waals surface area contributed by atoms with E-state index in [9.17, 15) is 23.6 Å². The number of amides is 3. The third-order valence-electron chi connectivity index (χ3n) is 9.26. The lowest BCUT2D eigenvalue weighted by Crippen LogP contribution is -2.44. The fourth-order valence-corrected chi connectivity index (χ4v) is 7.46. The van der Waals surface area contributed by atoms with E-state index in [0.29, 0.717) is 56.8 Å². The normalized spacial score (nSPS) is 12.6. The highest BCUT2D eigenvalue weighted by Crippen LogP contribution is 2.41. The third kappa shape index (κ3) is 15.2. The summed E-state index contributed by atoms with van der Waals surface area (Å²) in [6, 6.07) is 14.1. The van der Waals surface area contributed by atoms with E-state index in [0.717, 1.165) is 42.8 Å². The van der Waals surface area contributed by atoms with Gasteiger partial charge in [-0.1, -0.05) is 51.1 Å². The number of unbranched alkanes of at least 4 members (excludes halogenated alkanes) is 1. The van der Waals surface area contributed by atoms with Crippen molar-refractivity contribution in [3.63, 3.8) is 0 Å². The molecule has 3 aromatic rings. The number of Topliss-reactive ketones (excluding diaryl/α,β-unsaturated/α-hetero) is 1. The minimum absolute atomic E-state index is 0.0413. The first-order valence-corrected chi connectivity index (χ1v) is 20.4. The van der Waals surface area contributed by atoms with Crippen LogP contribution in [0.1, 0.15) is 89.9 Å². The van der Waals surface area contributed by atoms with E-state index in [1.54, 1.807) is 0 Å². The second-order valence-electron chi connectivity index (χ2n) is 15.0. The van der Waals surface area contributed by atoms with E-state index >= 15 is 4.39 Å². The van der Waals surface area contributed by atoms with Gasteiger partial charge in [0.2, 0.25) is 17.7 Å². The molecule has 1 heterocycles. The molecule has 3 rings (SSSR count). The predicted molar refractivity (Wildman–Crippen MR) is 217 cm³/mol. The maximum atomic E-state index is 15.1. The number of carbonyl (C=O) groups excluding carboxylic acids is 4. The Labute approximate surface area is 329 Å². The Morgan fingerprint density at radius 3 is 2.36 bits per heavy atom. The molecule has 13 heteroatoms. The van der Waals surface area contributed by atoms with Gasteiger partial charge >= 0.3 is 0 Å². The molecule has 3 amide bonds. The van der Waals surface area contributed by atoms with Crippen molar-refractivity contribution in [1.82, 2.24) is 25.4 Å². The van der Waals surface area contributed by atoms with E-state index in [-0.39, 0.29) is 47.7 Å². The molecule has 0 saturated heterocycles. The highest BCUT2D eigenvalue weighted by atomic mass is 32.2. The number of nitrogens with zero attached hydrogens (tertiary/aromatic N) is 2. The predicted octanol–water partition coefficient (Wildman–Crippen LogP) is 6.23. The van der Waals surface area contributed by atoms with Gasteiger partial charge in [-0.2, -0.15) is 11.8 Å². The molecule has 0 saturated carbocycles. The second kappa shape index (κ2) is 23.1. The molecule has 55 heavy (non-hydrogen) atoms. The summed E-state index contributed by atoms with van der Waals surface area (Å²) >= 11 is 1.37. The van der Waals surface area contributed by atoms with Crippen LogP contribution >= 0.6 is 11.8 Å². The van der Waals surface area contributed by atoms with Gasteiger partial charge in [0, 0.05) is 68.2 Å². The maximum Gasteiger partial charge on any atom is 0.233 e. The summed E-state index contributed by atoms with van der Waals surface area (Å²) in [5, 5.41) is 8.69. The second-order valence-corrected chi connectivity index (χ2v) is 16.1. The molecular weight excluding hydrogens is 723 g/mol. The Balaban J connectivity index is 1.67. The van der Waals surface area contributed by atoms with Crippen LogP contribution in [0.4, 0.5) is 8.78 Å². The molecule has 0 aliphatic heterocycles. The summed E-state index contributed by atoms with van der Waals surface area (Å²) in [6.07, 6.45) is 5.62. The van der Waals surface area contributed by atoms with Gasteiger partial charge in [0.15, 0.2) is 5.78 Å². The molecule has 0 fully saturated rings. The third-order valence-corrected chi connectivity index (χ3v) is 10.2. The standard InChI is InChI=1S/C42H60F2N6O4S/c1-30(51)48-36(15-9-10-21-46-5)38(52)16-11-22-47-39(53)19-24-55-29-40(54)50(23-12-20-45)41(42(2,3)4)37-25-32(34-26-33(43)17-18-35(34)44)28-49(37)27-31-13-7-6-8-14-31/h6-8,13-14,17-18,25-26,28,36,41,46H,9-12,15-16,19-24,27,29,45H2,1-5H3,(H,47,53)(H,48,51)/t36-,41-/m0/s1. The van der Waals surface area contributed by atoms with Crippen LogP contribution in [0, 0.1) is 17.0 Å². The molecule has 0 aliphatic rings. The van der Waals surface area contributed by atoms with Gasteiger partial charge in [-0.05, 0) is 87.5 Å². The number of hydrogen-bond donors (Lipinski definition) is 4. The highest BCUT2D eigenvalue weighted by molar-refractivity contribution is 7.99. The summed E-state index contributed by atoms with van der Waals surface area (Å²) in [4.78, 5) is 52.9. The van der Waals surface area contributed by atoms with Crippen LogP contribution in [-0.2, 0) is 25.7 Å². The number of carbonyl (C=O) groups is 4. The zero-order valence-electron chi connectivity index (χ0n) is 33.1. The Kier molecular flexibility index (Phi) is 19.0. The summed E-state index contributed by atoms with van der Waals surface area (Å²) in [7, 11) is 1.87. The fraction of sp³-hybridized carbons (Fsp3) is 0.524. The van der Waals surface area contributed by atoms with Gasteiger partial charge in [-0.3, -0.25) is 19.2 Å². The molecule has 0 aliphatic carbocycles. The number of ketones is 1. The van der Waals surface area contributed by atoms with Crippen LogP contribution in [0.3, 0.4) is 0 Å². The van der Waals surface area contributed by atoms with Crippen LogP contribution in [-0.4, -0.2) is 83.7 Å². The largest absolute Gasteiger partial charge is 0.356 e. The molecule has 0 spiro atoms. The van der Waals surface area contributed by atoms with Crippen LogP contribution in [0.25, 0.3) is 11.1 Å². The summed E-state index contributed by atoms with van der Waals surface area (Å²) in [5.41, 5.74) is 7.95. The lowest BCUT2D eigenvalue weighted by Gasteiger charge is -2.41. The van der Waals surface area contributed by atoms with E-state index < -0.39 is 29.1 Å². The Hall–Kier alpha value is -4.07. The summed E-state index contributed by atoms with van der Waals surface area (Å²) in [5.74, 6) is -1.07. The zero-order valence-corrected chi connectivity index (χ0v) is 33.9. The number of nitrogens with one attached hydrogen (secondary N) is 3. The van der Waals surface area contributed by atoms with Crippen molar-refractivity contribution in [1.29, 1.82) is 0 Å². The van der Waals surface area contributed by atoms with E-state index in [1.165, 1.54) is 24.8 Å². The van der Waals surface area contributed by atoms with Crippen LogP contribution < -0.4 is 21.7 Å². The number of rotatable bonds is 24. The fourth-order valence-electron chi connectivity index (χ4n) is 6.64. The molecule has 302 valence electrons. The van der Waals surface area contributed by atoms with Crippen molar-refractivity contribution in [2.45, 2.75) is 91.3 Å². The summed E-state index contributed by atoms with van der Waals surface area (Å²) < 4.78 is 31.4. The van der Waals surface area contributed by atoms with Crippen LogP contribution in [0.5, 0.6) is 0 Å². The van der Waals surface area contributed by atoms with Gasteiger partial charge in [0.05, 0.1) is 17.8 Å². The average Bonchev–Trinajstić information content (AvgIpc) is 3.54. The smallest absolute Gasteiger partial charge is 0.233 e. The van der Waals surface area contributed by atoms with Gasteiger partial charge in [0.1, 0.15) is 11.6 Å². The molecular formula is C42H60F2N6O4S. The Morgan fingerprint density at radius 1 is 0.945 bits per heavy atom. The Morgan fingerprint density at radius 2 is 1.69 bits per heavy atom. The maximum absolute atomic E-state index is 15.1. The van der Waals surface area contributed by atoms with E-state index in [2.05, 4.69) is 36.7 Å². The van der Waals surface area contributed by atoms with Crippen molar-refractivity contribution in [2.75, 3.05) is 44.7 Å². The van der Waals surface area contributed by atoms with Gasteiger partial charge in [0.25, 0.3) is 0 Å². The van der Waals surface area contributed by atoms with E-state index in [1.807, 2.05) is 59.1 Å². The monoisotopic (exact) mass is 782 g/mol. The lowest BCUT2D eigenvalue weighted by atomic mass is 9.83. The SMILES string of the molecule is CNCCCC[C@H](NC(C)=O)C(=O)CCCNC(=O)CCSCC(=O)N(CCCN)[C@@H](c1cc(-c2cc(F)ccc2F)cn1Cc1ccccc1)C(C)(C)C. The highest BCUT2D eigenvalue weighted by Gasteiger charge is 2.37. The van der Waals surface area contributed by atoms with Crippen molar-refractivity contribution < 1.29 is 28.0 Å². The van der Waals surface area contributed by atoms with Crippen molar-refractivity contribution >= 4 is 35.3 Å². The molecule has 0 bridgehead atoms. The first-order valence-electron chi connectivity index (χ1n) is 19.2. The topological polar surface area (TPSA) is 139 Å². The average molecular weight is 783 g/mol. The molecule has 1 aromatic heterocycles. The molecule has 0 radical (unpaired) electrons.